The smallest absolute Gasteiger partial charge is 0.194 e. The van der Waals surface area contributed by atoms with Gasteiger partial charge in [-0.3, -0.25) is 9.89 Å². The van der Waals surface area contributed by atoms with E-state index in [1.807, 2.05) is 18.2 Å². The van der Waals surface area contributed by atoms with Crippen LogP contribution in [0.1, 0.15) is 18.1 Å². The topological polar surface area (TPSA) is 51.1 Å². The Labute approximate surface area is 185 Å². The van der Waals surface area contributed by atoms with E-state index in [0.29, 0.717) is 5.75 Å². The number of hydrogen-bond acceptors (Lipinski definition) is 3. The molecule has 0 aliphatic carbocycles. The number of benzene rings is 2. The van der Waals surface area contributed by atoms with E-state index in [-0.39, 0.29) is 24.0 Å². The highest BCUT2D eigenvalue weighted by molar-refractivity contribution is 14.0. The molecule has 0 spiro atoms. The number of halogens is 1. The van der Waals surface area contributed by atoms with Crippen molar-refractivity contribution in [2.24, 2.45) is 4.99 Å². The largest absolute Gasteiger partial charge is 0.508 e. The lowest BCUT2D eigenvalue weighted by molar-refractivity contribution is 0.172. The molecule has 28 heavy (non-hydrogen) atoms. The molecule has 6 heteroatoms. The number of rotatable bonds is 6. The first kappa shape index (κ1) is 22.5. The van der Waals surface area contributed by atoms with Crippen LogP contribution in [0.4, 0.5) is 0 Å². The van der Waals surface area contributed by atoms with Gasteiger partial charge in [0.15, 0.2) is 5.96 Å². The summed E-state index contributed by atoms with van der Waals surface area (Å²) in [6.45, 7) is 8.79. The molecule has 0 bridgehead atoms. The van der Waals surface area contributed by atoms with Crippen LogP contribution >= 0.6 is 24.0 Å². The summed E-state index contributed by atoms with van der Waals surface area (Å²) in [7, 11) is 0. The van der Waals surface area contributed by atoms with Gasteiger partial charge in [0.2, 0.25) is 0 Å². The molecule has 1 heterocycles. The molecule has 0 aromatic heterocycles. The maximum atomic E-state index is 9.58. The van der Waals surface area contributed by atoms with Gasteiger partial charge in [-0.15, -0.1) is 24.0 Å². The number of hydrogen-bond donors (Lipinski definition) is 2. The van der Waals surface area contributed by atoms with E-state index in [0.717, 1.165) is 63.8 Å². The van der Waals surface area contributed by atoms with Gasteiger partial charge in [0.05, 0.1) is 0 Å². The van der Waals surface area contributed by atoms with E-state index in [9.17, 15) is 5.11 Å². The molecule has 5 nitrogen and oxygen atoms in total. The van der Waals surface area contributed by atoms with Gasteiger partial charge in [-0.05, 0) is 36.6 Å². The molecule has 1 aliphatic rings. The number of nitrogens with zero attached hydrogens (tertiary/aromatic N) is 3. The normalized spacial score (nSPS) is 15.2. The summed E-state index contributed by atoms with van der Waals surface area (Å²) >= 11 is 0. The van der Waals surface area contributed by atoms with Crippen LogP contribution in [0.5, 0.6) is 5.75 Å². The second-order valence-electron chi connectivity index (χ2n) is 6.90. The summed E-state index contributed by atoms with van der Waals surface area (Å²) in [5, 5.41) is 13.0. The van der Waals surface area contributed by atoms with Crippen molar-refractivity contribution in [2.75, 3.05) is 39.3 Å². The molecule has 2 aromatic rings. The van der Waals surface area contributed by atoms with Gasteiger partial charge in [-0.2, -0.15) is 0 Å². The van der Waals surface area contributed by atoms with Crippen LogP contribution in [-0.2, 0) is 13.0 Å². The van der Waals surface area contributed by atoms with Crippen LogP contribution in [0, 0.1) is 0 Å². The van der Waals surface area contributed by atoms with E-state index >= 15 is 0 Å². The van der Waals surface area contributed by atoms with Crippen molar-refractivity contribution in [1.29, 1.82) is 0 Å². The number of phenolic OH excluding ortho intramolecular Hbond substituents is 1. The first-order valence-corrected chi connectivity index (χ1v) is 9.82. The second-order valence-corrected chi connectivity index (χ2v) is 6.90. The zero-order valence-corrected chi connectivity index (χ0v) is 18.9. The molecular weight excluding hydrogens is 463 g/mol. The second kappa shape index (κ2) is 11.9. The number of guanidine groups is 1. The zero-order valence-electron chi connectivity index (χ0n) is 16.6. The lowest BCUT2D eigenvalue weighted by atomic mass is 10.1. The number of aliphatic imine (C=N–C) groups is 1. The summed E-state index contributed by atoms with van der Waals surface area (Å²) in [6, 6.07) is 18.1. The van der Waals surface area contributed by atoms with Crippen molar-refractivity contribution in [1.82, 2.24) is 15.1 Å². The van der Waals surface area contributed by atoms with E-state index in [2.05, 4.69) is 52.4 Å². The van der Waals surface area contributed by atoms with E-state index in [1.54, 1.807) is 6.07 Å². The average Bonchev–Trinajstić information content (AvgIpc) is 2.69. The van der Waals surface area contributed by atoms with Crippen LogP contribution in [0.2, 0.25) is 0 Å². The van der Waals surface area contributed by atoms with E-state index in [1.165, 1.54) is 5.56 Å². The maximum absolute atomic E-state index is 9.58. The Morgan fingerprint density at radius 1 is 1.00 bits per heavy atom. The highest BCUT2D eigenvalue weighted by atomic mass is 127. The summed E-state index contributed by atoms with van der Waals surface area (Å²) in [5.74, 6) is 1.31. The van der Waals surface area contributed by atoms with Crippen molar-refractivity contribution in [3.8, 4) is 5.75 Å². The first-order chi connectivity index (χ1) is 13.2. The zero-order chi connectivity index (χ0) is 18.9. The monoisotopic (exact) mass is 494 g/mol. The van der Waals surface area contributed by atoms with Crippen molar-refractivity contribution in [3.63, 3.8) is 0 Å². The Hall–Kier alpha value is -1.80. The molecule has 0 unspecified atom stereocenters. The van der Waals surface area contributed by atoms with Gasteiger partial charge >= 0.3 is 0 Å². The molecule has 0 saturated carbocycles. The first-order valence-electron chi connectivity index (χ1n) is 9.82. The maximum Gasteiger partial charge on any atom is 0.194 e. The van der Waals surface area contributed by atoms with Crippen LogP contribution in [0.3, 0.4) is 0 Å². The fourth-order valence-electron chi connectivity index (χ4n) is 3.39. The third kappa shape index (κ3) is 6.98. The lowest BCUT2D eigenvalue weighted by Gasteiger charge is -2.36. The standard InChI is InChI=1S/C22H30N4O.HI/c1-2-23-22(24-12-11-19-9-6-10-21(27)17-19)26-15-13-25(14-16-26)18-20-7-4-3-5-8-20;/h3-10,17,27H,2,11-16,18H2,1H3,(H,23,24);1H. The van der Waals surface area contributed by atoms with Gasteiger partial charge in [0, 0.05) is 45.8 Å². The number of phenols is 1. The van der Waals surface area contributed by atoms with Crippen LogP contribution in [0.15, 0.2) is 59.6 Å². The number of aromatic hydroxyl groups is 1. The minimum absolute atomic E-state index is 0. The summed E-state index contributed by atoms with van der Waals surface area (Å²) in [6.07, 6.45) is 0.831. The summed E-state index contributed by atoms with van der Waals surface area (Å²) < 4.78 is 0. The Bertz CT molecular complexity index is 730. The van der Waals surface area contributed by atoms with Gasteiger partial charge < -0.3 is 15.3 Å². The fourth-order valence-corrected chi connectivity index (χ4v) is 3.39. The SMILES string of the molecule is CCNC(=NCCc1cccc(O)c1)N1CCN(Cc2ccccc2)CC1.I. The Balaban J connectivity index is 0.00000280. The fraction of sp³-hybridized carbons (Fsp3) is 0.409. The summed E-state index contributed by atoms with van der Waals surface area (Å²) in [5.41, 5.74) is 2.49. The van der Waals surface area contributed by atoms with Gasteiger partial charge in [0.25, 0.3) is 0 Å². The van der Waals surface area contributed by atoms with Gasteiger partial charge in [-0.1, -0.05) is 42.5 Å². The molecule has 2 aromatic carbocycles. The van der Waals surface area contributed by atoms with Crippen molar-refractivity contribution in [2.45, 2.75) is 19.9 Å². The third-order valence-corrected chi connectivity index (χ3v) is 4.83. The number of nitrogens with one attached hydrogen (secondary N) is 1. The number of piperazine rings is 1. The lowest BCUT2D eigenvalue weighted by Crippen LogP contribution is -2.52. The molecule has 0 radical (unpaired) electrons. The van der Waals surface area contributed by atoms with Crippen LogP contribution in [0.25, 0.3) is 0 Å². The molecule has 1 saturated heterocycles. The molecule has 2 N–H and O–H groups in total. The van der Waals surface area contributed by atoms with E-state index < -0.39 is 0 Å². The molecule has 3 rings (SSSR count). The minimum Gasteiger partial charge on any atom is -0.508 e. The molecule has 0 amide bonds. The van der Waals surface area contributed by atoms with Crippen molar-refractivity contribution >= 4 is 29.9 Å². The molecule has 152 valence electrons. The predicted octanol–water partition coefficient (Wildman–Crippen LogP) is 3.34. The highest BCUT2D eigenvalue weighted by Crippen LogP contribution is 2.12. The average molecular weight is 494 g/mol. The molecule has 1 aliphatic heterocycles. The van der Waals surface area contributed by atoms with Crippen LogP contribution < -0.4 is 5.32 Å². The Kier molecular flexibility index (Phi) is 9.57. The van der Waals surface area contributed by atoms with E-state index in [4.69, 9.17) is 4.99 Å². The van der Waals surface area contributed by atoms with Crippen molar-refractivity contribution in [3.05, 3.63) is 65.7 Å². The molecule has 0 atom stereocenters. The minimum atomic E-state index is 0. The van der Waals surface area contributed by atoms with Crippen molar-refractivity contribution < 1.29 is 5.11 Å². The molecule has 1 fully saturated rings. The quantitative estimate of drug-likeness (QED) is 0.368. The highest BCUT2D eigenvalue weighted by Gasteiger charge is 2.19. The molecular formula is C22H31IN4O. The summed E-state index contributed by atoms with van der Waals surface area (Å²) in [4.78, 5) is 9.66. The predicted molar refractivity (Wildman–Crippen MR) is 126 cm³/mol. The Morgan fingerprint density at radius 2 is 1.71 bits per heavy atom. The van der Waals surface area contributed by atoms with Gasteiger partial charge in [-0.25, -0.2) is 0 Å². The Morgan fingerprint density at radius 3 is 2.39 bits per heavy atom. The third-order valence-electron chi connectivity index (χ3n) is 4.83. The van der Waals surface area contributed by atoms with Crippen LogP contribution in [-0.4, -0.2) is 60.1 Å². The van der Waals surface area contributed by atoms with Gasteiger partial charge in [0.1, 0.15) is 5.75 Å².